The summed E-state index contributed by atoms with van der Waals surface area (Å²) in [6.45, 7) is 10.9. The van der Waals surface area contributed by atoms with Gasteiger partial charge < -0.3 is 10.6 Å². The summed E-state index contributed by atoms with van der Waals surface area (Å²) in [5.41, 5.74) is 1.76. The molecule has 0 saturated carbocycles. The molecule has 4 nitrogen and oxygen atoms in total. The van der Waals surface area contributed by atoms with Gasteiger partial charge in [0, 0.05) is 11.7 Å². The molecule has 2 N–H and O–H groups in total. The van der Waals surface area contributed by atoms with Gasteiger partial charge in [0.2, 0.25) is 11.8 Å². The summed E-state index contributed by atoms with van der Waals surface area (Å²) in [5, 5.41) is 5.59. The maximum absolute atomic E-state index is 12.3. The molecule has 0 bridgehead atoms. The van der Waals surface area contributed by atoms with Crippen LogP contribution in [0.3, 0.4) is 0 Å². The smallest absolute Gasteiger partial charge is 0.239 e. The minimum Gasteiger partial charge on any atom is -0.353 e. The first-order valence-electron chi connectivity index (χ1n) is 6.83. The Bertz CT molecular complexity index is 499. The van der Waals surface area contributed by atoms with Gasteiger partial charge in [-0.2, -0.15) is 0 Å². The van der Waals surface area contributed by atoms with E-state index in [1.807, 2.05) is 45.9 Å². The standard InChI is InChI=1S/C16H24N2O2/c1-10(2)17-14(19)16(5,6)15(20)18-13-8-11(3)7-12(4)9-13/h7-10H,1-6H3,(H,17,19)(H,18,20). The van der Waals surface area contributed by atoms with Crippen molar-refractivity contribution in [3.8, 4) is 0 Å². The highest BCUT2D eigenvalue weighted by molar-refractivity contribution is 6.09. The molecular formula is C16H24N2O2. The number of anilines is 1. The molecule has 0 spiro atoms. The summed E-state index contributed by atoms with van der Waals surface area (Å²) >= 11 is 0. The lowest BCUT2D eigenvalue weighted by Crippen LogP contribution is -2.47. The van der Waals surface area contributed by atoms with E-state index in [9.17, 15) is 9.59 Å². The largest absolute Gasteiger partial charge is 0.353 e. The van der Waals surface area contributed by atoms with Crippen LogP contribution < -0.4 is 10.6 Å². The molecule has 0 aromatic heterocycles. The number of carbonyl (C=O) groups is 2. The average Bonchev–Trinajstić information content (AvgIpc) is 2.26. The molecule has 20 heavy (non-hydrogen) atoms. The van der Waals surface area contributed by atoms with Crippen LogP contribution in [-0.2, 0) is 9.59 Å². The zero-order valence-electron chi connectivity index (χ0n) is 13.1. The first kappa shape index (κ1) is 16.2. The summed E-state index contributed by atoms with van der Waals surface area (Å²) in [6.07, 6.45) is 0. The molecule has 0 fully saturated rings. The quantitative estimate of drug-likeness (QED) is 0.831. The summed E-state index contributed by atoms with van der Waals surface area (Å²) in [5.74, 6) is -0.574. The van der Waals surface area contributed by atoms with Crippen molar-refractivity contribution in [2.45, 2.75) is 47.6 Å². The number of hydrogen-bond acceptors (Lipinski definition) is 2. The van der Waals surface area contributed by atoms with Gasteiger partial charge in [-0.3, -0.25) is 9.59 Å². The van der Waals surface area contributed by atoms with E-state index in [-0.39, 0.29) is 17.9 Å². The van der Waals surface area contributed by atoms with Gasteiger partial charge >= 0.3 is 0 Å². The van der Waals surface area contributed by atoms with E-state index in [1.165, 1.54) is 0 Å². The molecule has 1 aromatic rings. The van der Waals surface area contributed by atoms with Gasteiger partial charge in [-0.25, -0.2) is 0 Å². The van der Waals surface area contributed by atoms with Crippen LogP contribution >= 0.6 is 0 Å². The number of benzene rings is 1. The summed E-state index contributed by atoms with van der Waals surface area (Å²) in [4.78, 5) is 24.4. The van der Waals surface area contributed by atoms with Crippen molar-refractivity contribution in [3.63, 3.8) is 0 Å². The molecule has 0 atom stereocenters. The molecule has 0 aliphatic heterocycles. The van der Waals surface area contributed by atoms with Gasteiger partial charge in [0.05, 0.1) is 0 Å². The van der Waals surface area contributed by atoms with Crippen molar-refractivity contribution in [1.29, 1.82) is 0 Å². The van der Waals surface area contributed by atoms with Gasteiger partial charge in [-0.15, -0.1) is 0 Å². The summed E-state index contributed by atoms with van der Waals surface area (Å²) in [7, 11) is 0. The van der Waals surface area contributed by atoms with Gasteiger partial charge in [-0.1, -0.05) is 6.07 Å². The van der Waals surface area contributed by atoms with E-state index in [1.54, 1.807) is 13.8 Å². The van der Waals surface area contributed by atoms with E-state index < -0.39 is 5.41 Å². The lowest BCUT2D eigenvalue weighted by molar-refractivity contribution is -0.138. The number of carbonyl (C=O) groups excluding carboxylic acids is 2. The van der Waals surface area contributed by atoms with Gasteiger partial charge in [0.1, 0.15) is 5.41 Å². The van der Waals surface area contributed by atoms with Crippen molar-refractivity contribution >= 4 is 17.5 Å². The monoisotopic (exact) mass is 276 g/mol. The molecule has 0 heterocycles. The molecule has 1 rings (SSSR count). The van der Waals surface area contributed by atoms with Crippen LogP contribution in [0, 0.1) is 19.3 Å². The Morgan fingerprint density at radius 3 is 1.95 bits per heavy atom. The van der Waals surface area contributed by atoms with Crippen molar-refractivity contribution in [3.05, 3.63) is 29.3 Å². The highest BCUT2D eigenvalue weighted by Gasteiger charge is 2.36. The third-order valence-corrected chi connectivity index (χ3v) is 3.03. The Kier molecular flexibility index (Phi) is 4.93. The molecule has 0 aliphatic carbocycles. The Hall–Kier alpha value is -1.84. The number of nitrogens with one attached hydrogen (secondary N) is 2. The van der Waals surface area contributed by atoms with E-state index in [0.29, 0.717) is 0 Å². The fourth-order valence-electron chi connectivity index (χ4n) is 1.88. The first-order valence-corrected chi connectivity index (χ1v) is 6.83. The SMILES string of the molecule is Cc1cc(C)cc(NC(=O)C(C)(C)C(=O)NC(C)C)c1. The molecule has 0 unspecified atom stereocenters. The number of amides is 2. The fraction of sp³-hybridized carbons (Fsp3) is 0.500. The maximum atomic E-state index is 12.3. The van der Waals surface area contributed by atoms with E-state index in [0.717, 1.165) is 16.8 Å². The highest BCUT2D eigenvalue weighted by Crippen LogP contribution is 2.21. The third kappa shape index (κ3) is 4.08. The van der Waals surface area contributed by atoms with Crippen LogP contribution in [0.4, 0.5) is 5.69 Å². The number of hydrogen-bond donors (Lipinski definition) is 2. The second-order valence-electron chi connectivity index (χ2n) is 6.08. The van der Waals surface area contributed by atoms with Crippen LogP contribution in [0.25, 0.3) is 0 Å². The Balaban J connectivity index is 2.86. The minimum absolute atomic E-state index is 0.00999. The molecule has 0 aliphatic rings. The molecular weight excluding hydrogens is 252 g/mol. The second kappa shape index (κ2) is 6.07. The molecule has 0 radical (unpaired) electrons. The number of rotatable bonds is 4. The van der Waals surface area contributed by atoms with Gasteiger partial charge in [-0.05, 0) is 64.8 Å². The van der Waals surface area contributed by atoms with Crippen LogP contribution in [0.15, 0.2) is 18.2 Å². The summed E-state index contributed by atoms with van der Waals surface area (Å²) in [6, 6.07) is 5.82. The van der Waals surface area contributed by atoms with Gasteiger partial charge in [0.25, 0.3) is 0 Å². The van der Waals surface area contributed by atoms with E-state index in [4.69, 9.17) is 0 Å². The zero-order valence-corrected chi connectivity index (χ0v) is 13.1. The molecule has 1 aromatic carbocycles. The van der Waals surface area contributed by atoms with Crippen LogP contribution in [0.5, 0.6) is 0 Å². The van der Waals surface area contributed by atoms with Crippen LogP contribution in [-0.4, -0.2) is 17.9 Å². The number of aryl methyl sites for hydroxylation is 2. The topological polar surface area (TPSA) is 58.2 Å². The predicted octanol–water partition coefficient (Wildman–Crippen LogP) is 2.79. The average molecular weight is 276 g/mol. The Labute approximate surface area is 121 Å². The molecule has 2 amide bonds. The third-order valence-electron chi connectivity index (χ3n) is 3.03. The first-order chi connectivity index (χ1) is 9.12. The normalized spacial score (nSPS) is 11.3. The Morgan fingerprint density at radius 2 is 1.50 bits per heavy atom. The fourth-order valence-corrected chi connectivity index (χ4v) is 1.88. The van der Waals surface area contributed by atoms with E-state index >= 15 is 0 Å². The molecule has 4 heteroatoms. The van der Waals surface area contributed by atoms with Crippen molar-refractivity contribution in [2.24, 2.45) is 5.41 Å². The second-order valence-corrected chi connectivity index (χ2v) is 6.08. The van der Waals surface area contributed by atoms with Crippen molar-refractivity contribution in [2.75, 3.05) is 5.32 Å². The minimum atomic E-state index is -1.11. The predicted molar refractivity (Wildman–Crippen MR) is 81.6 cm³/mol. The van der Waals surface area contributed by atoms with Crippen molar-refractivity contribution in [1.82, 2.24) is 5.32 Å². The van der Waals surface area contributed by atoms with E-state index in [2.05, 4.69) is 10.6 Å². The molecule has 110 valence electrons. The van der Waals surface area contributed by atoms with Crippen LogP contribution in [0.1, 0.15) is 38.8 Å². The highest BCUT2D eigenvalue weighted by atomic mass is 16.2. The lowest BCUT2D eigenvalue weighted by atomic mass is 9.90. The summed E-state index contributed by atoms with van der Waals surface area (Å²) < 4.78 is 0. The Morgan fingerprint density at radius 1 is 1.00 bits per heavy atom. The van der Waals surface area contributed by atoms with Crippen molar-refractivity contribution < 1.29 is 9.59 Å². The zero-order chi connectivity index (χ0) is 15.5. The van der Waals surface area contributed by atoms with Crippen LogP contribution in [0.2, 0.25) is 0 Å². The lowest BCUT2D eigenvalue weighted by Gasteiger charge is -2.24. The van der Waals surface area contributed by atoms with Gasteiger partial charge in [0.15, 0.2) is 0 Å². The maximum Gasteiger partial charge on any atom is 0.239 e. The molecule has 0 saturated heterocycles.